The Labute approximate surface area is 161 Å². The van der Waals surface area contributed by atoms with Crippen LogP contribution in [0.2, 0.25) is 0 Å². The molecule has 4 aromatic rings. The first-order chi connectivity index (χ1) is 13.6. The lowest BCUT2D eigenvalue weighted by Crippen LogP contribution is -2.25. The number of rotatable bonds is 6. The van der Waals surface area contributed by atoms with Gasteiger partial charge >= 0.3 is 0 Å². The largest absolute Gasteiger partial charge is 0.454 e. The Balaban J connectivity index is 1.38. The molecule has 0 radical (unpaired) electrons. The van der Waals surface area contributed by atoms with Gasteiger partial charge in [-0.15, -0.1) is 0 Å². The van der Waals surface area contributed by atoms with E-state index in [1.807, 2.05) is 37.3 Å². The van der Waals surface area contributed by atoms with E-state index in [2.05, 4.69) is 14.9 Å². The molecule has 142 valence electrons. The zero-order valence-corrected chi connectivity index (χ0v) is 15.5. The van der Waals surface area contributed by atoms with Gasteiger partial charge in [0.05, 0.1) is 17.6 Å². The first-order valence-corrected chi connectivity index (χ1v) is 9.13. The monoisotopic (exact) mass is 377 g/mol. The van der Waals surface area contributed by atoms with Gasteiger partial charge < -0.3 is 14.3 Å². The van der Waals surface area contributed by atoms with E-state index < -0.39 is 0 Å². The Kier molecular flexibility index (Phi) is 4.93. The summed E-state index contributed by atoms with van der Waals surface area (Å²) >= 11 is 0. The van der Waals surface area contributed by atoms with Crippen molar-refractivity contribution in [2.24, 2.45) is 0 Å². The van der Waals surface area contributed by atoms with Crippen molar-refractivity contribution >= 4 is 16.9 Å². The van der Waals surface area contributed by atoms with Crippen molar-refractivity contribution in [1.29, 1.82) is 0 Å². The van der Waals surface area contributed by atoms with Crippen LogP contribution in [-0.2, 0) is 13.0 Å². The summed E-state index contributed by atoms with van der Waals surface area (Å²) in [7, 11) is 0. The van der Waals surface area contributed by atoms with Gasteiger partial charge in [0.1, 0.15) is 17.4 Å². The highest BCUT2D eigenvalue weighted by Gasteiger charge is 2.13. The molecular weight excluding hydrogens is 357 g/mol. The number of fused-ring (bicyclic) bond motifs is 1. The lowest BCUT2D eigenvalue weighted by atomic mass is 10.1. The molecule has 0 saturated heterocycles. The standard InChI is InChI=1S/C22H20FN3O2/c1-15-25-19-4-2-3-5-20(19)26(15)14-18-10-11-21(28-18)22(27)24-13-12-16-6-8-17(23)9-7-16/h2-11H,12-14H2,1H3,(H,24,27). The van der Waals surface area contributed by atoms with Crippen molar-refractivity contribution in [2.75, 3.05) is 6.54 Å². The number of halogens is 1. The van der Waals surface area contributed by atoms with Gasteiger partial charge in [-0.05, 0) is 55.3 Å². The molecule has 28 heavy (non-hydrogen) atoms. The zero-order valence-electron chi connectivity index (χ0n) is 15.5. The van der Waals surface area contributed by atoms with Crippen molar-refractivity contribution < 1.29 is 13.6 Å². The Morgan fingerprint density at radius 3 is 2.71 bits per heavy atom. The molecule has 0 fully saturated rings. The zero-order chi connectivity index (χ0) is 19.5. The van der Waals surface area contributed by atoms with E-state index in [1.54, 1.807) is 18.2 Å². The van der Waals surface area contributed by atoms with E-state index in [0.29, 0.717) is 25.3 Å². The van der Waals surface area contributed by atoms with E-state index in [1.165, 1.54) is 12.1 Å². The summed E-state index contributed by atoms with van der Waals surface area (Å²) in [5, 5.41) is 2.83. The molecule has 0 aliphatic rings. The van der Waals surface area contributed by atoms with Gasteiger partial charge in [-0.25, -0.2) is 9.37 Å². The van der Waals surface area contributed by atoms with Crippen molar-refractivity contribution in [3.63, 3.8) is 0 Å². The molecule has 5 nitrogen and oxygen atoms in total. The van der Waals surface area contributed by atoms with E-state index in [9.17, 15) is 9.18 Å². The number of para-hydroxylation sites is 2. The van der Waals surface area contributed by atoms with Crippen LogP contribution in [0.4, 0.5) is 4.39 Å². The van der Waals surface area contributed by atoms with Gasteiger partial charge in [-0.2, -0.15) is 0 Å². The summed E-state index contributed by atoms with van der Waals surface area (Å²) in [6, 6.07) is 17.7. The topological polar surface area (TPSA) is 60.1 Å². The average molecular weight is 377 g/mol. The predicted molar refractivity (Wildman–Crippen MR) is 105 cm³/mol. The second-order valence-electron chi connectivity index (χ2n) is 6.63. The molecule has 0 unspecified atom stereocenters. The molecule has 0 spiro atoms. The fourth-order valence-electron chi connectivity index (χ4n) is 3.19. The van der Waals surface area contributed by atoms with E-state index in [4.69, 9.17) is 4.42 Å². The first kappa shape index (κ1) is 18.0. The first-order valence-electron chi connectivity index (χ1n) is 9.13. The van der Waals surface area contributed by atoms with Crippen LogP contribution in [0.1, 0.15) is 27.7 Å². The minimum Gasteiger partial charge on any atom is -0.454 e. The third-order valence-corrected chi connectivity index (χ3v) is 4.66. The number of hydrogen-bond donors (Lipinski definition) is 1. The summed E-state index contributed by atoms with van der Waals surface area (Å²) in [5.74, 6) is 1.33. The number of carbonyl (C=O) groups is 1. The van der Waals surface area contributed by atoms with Gasteiger partial charge in [0.25, 0.3) is 5.91 Å². The Bertz CT molecular complexity index is 1110. The third kappa shape index (κ3) is 3.81. The van der Waals surface area contributed by atoms with Crippen LogP contribution < -0.4 is 5.32 Å². The van der Waals surface area contributed by atoms with Gasteiger partial charge in [0.15, 0.2) is 5.76 Å². The molecule has 2 aromatic heterocycles. The predicted octanol–water partition coefficient (Wildman–Crippen LogP) is 4.10. The third-order valence-electron chi connectivity index (χ3n) is 4.66. The van der Waals surface area contributed by atoms with Gasteiger partial charge in [0.2, 0.25) is 0 Å². The van der Waals surface area contributed by atoms with Crippen LogP contribution in [0.15, 0.2) is 65.1 Å². The van der Waals surface area contributed by atoms with Crippen molar-refractivity contribution in [3.05, 3.63) is 89.4 Å². The molecule has 1 amide bonds. The molecule has 4 rings (SSSR count). The van der Waals surface area contributed by atoms with E-state index >= 15 is 0 Å². The fraction of sp³-hybridized carbons (Fsp3) is 0.182. The van der Waals surface area contributed by atoms with Crippen molar-refractivity contribution in [2.45, 2.75) is 19.9 Å². The molecule has 2 heterocycles. The lowest BCUT2D eigenvalue weighted by molar-refractivity contribution is 0.0924. The van der Waals surface area contributed by atoms with Gasteiger partial charge in [0, 0.05) is 6.54 Å². The number of amides is 1. The molecular formula is C22H20FN3O2. The maximum Gasteiger partial charge on any atom is 0.287 e. The highest BCUT2D eigenvalue weighted by molar-refractivity contribution is 5.91. The van der Waals surface area contributed by atoms with Crippen LogP contribution in [-0.4, -0.2) is 22.0 Å². The number of hydrogen-bond acceptors (Lipinski definition) is 3. The lowest BCUT2D eigenvalue weighted by Gasteiger charge is -2.05. The summed E-state index contributed by atoms with van der Waals surface area (Å²) in [6.45, 7) is 2.91. The SMILES string of the molecule is Cc1nc2ccccc2n1Cc1ccc(C(=O)NCCc2ccc(F)cc2)o1. The highest BCUT2D eigenvalue weighted by Crippen LogP contribution is 2.18. The van der Waals surface area contributed by atoms with E-state index in [-0.39, 0.29) is 17.5 Å². The maximum atomic E-state index is 12.9. The molecule has 0 aliphatic carbocycles. The van der Waals surface area contributed by atoms with Gasteiger partial charge in [-0.3, -0.25) is 4.79 Å². The number of nitrogens with zero attached hydrogens (tertiary/aromatic N) is 2. The number of aryl methyl sites for hydroxylation is 1. The van der Waals surface area contributed by atoms with Crippen LogP contribution in [0.5, 0.6) is 0 Å². The quantitative estimate of drug-likeness (QED) is 0.550. The Hall–Kier alpha value is -3.41. The molecule has 0 atom stereocenters. The normalized spacial score (nSPS) is 11.1. The number of nitrogens with one attached hydrogen (secondary N) is 1. The summed E-state index contributed by atoms with van der Waals surface area (Å²) < 4.78 is 20.7. The van der Waals surface area contributed by atoms with Crippen molar-refractivity contribution in [3.8, 4) is 0 Å². The number of imidazole rings is 1. The fourth-order valence-corrected chi connectivity index (χ4v) is 3.19. The second kappa shape index (κ2) is 7.68. The maximum absolute atomic E-state index is 12.9. The van der Waals surface area contributed by atoms with Crippen LogP contribution in [0.25, 0.3) is 11.0 Å². The minimum absolute atomic E-state index is 0.263. The number of carbonyl (C=O) groups excluding carboxylic acids is 1. The second-order valence-corrected chi connectivity index (χ2v) is 6.63. The Morgan fingerprint density at radius 2 is 1.89 bits per heavy atom. The molecule has 2 aromatic carbocycles. The number of aromatic nitrogens is 2. The molecule has 0 bridgehead atoms. The molecule has 0 saturated carbocycles. The molecule has 6 heteroatoms. The van der Waals surface area contributed by atoms with Crippen LogP contribution in [0, 0.1) is 12.7 Å². The minimum atomic E-state index is -0.267. The van der Waals surface area contributed by atoms with Crippen LogP contribution in [0.3, 0.4) is 0 Å². The van der Waals surface area contributed by atoms with E-state index in [0.717, 1.165) is 22.4 Å². The smallest absolute Gasteiger partial charge is 0.287 e. The average Bonchev–Trinajstić information content (AvgIpc) is 3.29. The molecule has 1 N–H and O–H groups in total. The number of benzene rings is 2. The Morgan fingerprint density at radius 1 is 1.11 bits per heavy atom. The van der Waals surface area contributed by atoms with Gasteiger partial charge in [-0.1, -0.05) is 24.3 Å². The highest BCUT2D eigenvalue weighted by atomic mass is 19.1. The van der Waals surface area contributed by atoms with Crippen molar-refractivity contribution in [1.82, 2.24) is 14.9 Å². The molecule has 0 aliphatic heterocycles. The number of furan rings is 1. The summed E-state index contributed by atoms with van der Waals surface area (Å²) in [4.78, 5) is 16.8. The summed E-state index contributed by atoms with van der Waals surface area (Å²) in [6.07, 6.45) is 0.625. The summed E-state index contributed by atoms with van der Waals surface area (Å²) in [5.41, 5.74) is 2.93. The van der Waals surface area contributed by atoms with Crippen LogP contribution >= 0.6 is 0 Å².